The zero-order valence-electron chi connectivity index (χ0n) is 18.1. The van der Waals surface area contributed by atoms with Crippen LogP contribution in [-0.2, 0) is 21.3 Å². The number of nitrogens with one attached hydrogen (secondary N) is 1. The number of rotatable bonds is 6. The van der Waals surface area contributed by atoms with E-state index in [0.717, 1.165) is 11.3 Å². The van der Waals surface area contributed by atoms with Gasteiger partial charge in [-0.15, -0.1) is 0 Å². The first-order chi connectivity index (χ1) is 15.4. The van der Waals surface area contributed by atoms with Gasteiger partial charge in [0.1, 0.15) is 0 Å². The second kappa shape index (κ2) is 9.23. The van der Waals surface area contributed by atoms with Gasteiger partial charge in [0, 0.05) is 24.5 Å². The summed E-state index contributed by atoms with van der Waals surface area (Å²) in [7, 11) is -3.65. The summed E-state index contributed by atoms with van der Waals surface area (Å²) in [5.41, 5.74) is 3.36. The van der Waals surface area contributed by atoms with Gasteiger partial charge in [0.25, 0.3) is 5.91 Å². The minimum Gasteiger partial charge on any atom is -0.379 e. The van der Waals surface area contributed by atoms with Crippen LogP contribution in [0.1, 0.15) is 27.3 Å². The van der Waals surface area contributed by atoms with Crippen molar-refractivity contribution in [2.24, 2.45) is 0 Å². The predicted molar refractivity (Wildman–Crippen MR) is 121 cm³/mol. The van der Waals surface area contributed by atoms with Crippen molar-refractivity contribution in [3.05, 3.63) is 77.1 Å². The van der Waals surface area contributed by atoms with Crippen LogP contribution in [0.4, 0.5) is 5.69 Å². The van der Waals surface area contributed by atoms with E-state index in [2.05, 4.69) is 10.4 Å². The van der Waals surface area contributed by atoms with Gasteiger partial charge in [0.05, 0.1) is 35.9 Å². The molecule has 4 rings (SSSR count). The van der Waals surface area contributed by atoms with E-state index in [0.29, 0.717) is 49.8 Å². The summed E-state index contributed by atoms with van der Waals surface area (Å²) in [6.07, 6.45) is 0. The van der Waals surface area contributed by atoms with Crippen LogP contribution in [0.5, 0.6) is 0 Å². The highest BCUT2D eigenvalue weighted by molar-refractivity contribution is 7.89. The Kier molecular flexibility index (Phi) is 6.40. The molecule has 1 fully saturated rings. The molecule has 0 aliphatic carbocycles. The van der Waals surface area contributed by atoms with Crippen LogP contribution in [0.15, 0.2) is 59.5 Å². The Labute approximate surface area is 187 Å². The highest BCUT2D eigenvalue weighted by Crippen LogP contribution is 2.22. The molecule has 1 aliphatic heterocycles. The molecule has 1 aromatic heterocycles. The molecule has 9 heteroatoms. The molecule has 0 saturated carbocycles. The molecule has 0 radical (unpaired) electrons. The molecule has 0 bridgehead atoms. The lowest BCUT2D eigenvalue weighted by Gasteiger charge is -2.26. The summed E-state index contributed by atoms with van der Waals surface area (Å²) < 4.78 is 34.3. The third-order valence-corrected chi connectivity index (χ3v) is 7.38. The van der Waals surface area contributed by atoms with Crippen LogP contribution >= 0.6 is 0 Å². The second-order valence-electron chi connectivity index (χ2n) is 7.69. The predicted octanol–water partition coefficient (Wildman–Crippen LogP) is 2.82. The number of carbonyl (C=O) groups is 1. The summed E-state index contributed by atoms with van der Waals surface area (Å²) in [4.78, 5) is 13.2. The van der Waals surface area contributed by atoms with E-state index < -0.39 is 10.0 Å². The van der Waals surface area contributed by atoms with Crippen molar-refractivity contribution < 1.29 is 17.9 Å². The van der Waals surface area contributed by atoms with Crippen molar-refractivity contribution in [1.82, 2.24) is 14.1 Å². The van der Waals surface area contributed by atoms with Gasteiger partial charge in [0.15, 0.2) is 0 Å². The largest absolute Gasteiger partial charge is 0.379 e. The molecule has 1 saturated heterocycles. The van der Waals surface area contributed by atoms with E-state index in [9.17, 15) is 13.2 Å². The number of hydrogen-bond acceptors (Lipinski definition) is 5. The lowest BCUT2D eigenvalue weighted by molar-refractivity contribution is 0.0730. The number of carbonyl (C=O) groups excluding carboxylic acids is 1. The Hall–Kier alpha value is -3.01. The average Bonchev–Trinajstić information content (AvgIpc) is 3.08. The number of anilines is 1. The van der Waals surface area contributed by atoms with Crippen molar-refractivity contribution >= 4 is 21.6 Å². The van der Waals surface area contributed by atoms with Gasteiger partial charge >= 0.3 is 0 Å². The summed E-state index contributed by atoms with van der Waals surface area (Å²) in [5.74, 6) is -0.319. The first kappa shape index (κ1) is 22.2. The van der Waals surface area contributed by atoms with Crippen LogP contribution in [-0.4, -0.2) is 54.7 Å². The van der Waals surface area contributed by atoms with E-state index >= 15 is 0 Å². The lowest BCUT2D eigenvalue weighted by atomic mass is 10.1. The average molecular weight is 455 g/mol. The molecule has 1 aliphatic rings. The summed E-state index contributed by atoms with van der Waals surface area (Å²) >= 11 is 0. The first-order valence-corrected chi connectivity index (χ1v) is 11.9. The number of nitrogens with zero attached hydrogens (tertiary/aromatic N) is 3. The zero-order valence-corrected chi connectivity index (χ0v) is 18.9. The fourth-order valence-electron chi connectivity index (χ4n) is 3.80. The van der Waals surface area contributed by atoms with Crippen LogP contribution in [0.3, 0.4) is 0 Å². The van der Waals surface area contributed by atoms with Crippen LogP contribution in [0, 0.1) is 13.8 Å². The number of ether oxygens (including phenoxy) is 1. The Morgan fingerprint density at radius 3 is 2.50 bits per heavy atom. The quantitative estimate of drug-likeness (QED) is 0.618. The van der Waals surface area contributed by atoms with Crippen molar-refractivity contribution in [3.8, 4) is 0 Å². The van der Waals surface area contributed by atoms with Gasteiger partial charge in [-0.25, -0.2) is 8.42 Å². The first-order valence-electron chi connectivity index (χ1n) is 10.4. The van der Waals surface area contributed by atoms with Crippen LogP contribution < -0.4 is 5.32 Å². The molecule has 3 aromatic rings. The summed E-state index contributed by atoms with van der Waals surface area (Å²) in [6.45, 7) is 5.60. The SMILES string of the molecule is Cc1nn(Cc2ccccc2)c(C)c1C(=O)Nc1cccc(S(=O)(=O)N2CCOCC2)c1. The Morgan fingerprint density at radius 1 is 1.06 bits per heavy atom. The lowest BCUT2D eigenvalue weighted by Crippen LogP contribution is -2.40. The highest BCUT2D eigenvalue weighted by atomic mass is 32.2. The topological polar surface area (TPSA) is 93.5 Å². The van der Waals surface area contributed by atoms with Crippen molar-refractivity contribution in [2.45, 2.75) is 25.3 Å². The minimum absolute atomic E-state index is 0.144. The van der Waals surface area contributed by atoms with Crippen LogP contribution in [0.2, 0.25) is 0 Å². The van der Waals surface area contributed by atoms with Crippen molar-refractivity contribution in [3.63, 3.8) is 0 Å². The fourth-order valence-corrected chi connectivity index (χ4v) is 5.25. The maximum absolute atomic E-state index is 13.0. The standard InChI is InChI=1S/C23H26N4O4S/c1-17-22(18(2)27(25-17)16-19-7-4-3-5-8-19)23(28)24-20-9-6-10-21(15-20)32(29,30)26-11-13-31-14-12-26/h3-10,15H,11-14,16H2,1-2H3,(H,24,28). The van der Waals surface area contributed by atoms with E-state index in [1.54, 1.807) is 23.7 Å². The van der Waals surface area contributed by atoms with Crippen LogP contribution in [0.25, 0.3) is 0 Å². The van der Waals surface area contributed by atoms with Crippen molar-refractivity contribution in [2.75, 3.05) is 31.6 Å². The minimum atomic E-state index is -3.65. The third-order valence-electron chi connectivity index (χ3n) is 5.48. The molecular formula is C23H26N4O4S. The monoisotopic (exact) mass is 454 g/mol. The molecule has 0 unspecified atom stereocenters. The number of sulfonamides is 1. The number of benzene rings is 2. The molecule has 1 amide bonds. The molecule has 0 spiro atoms. The summed E-state index contributed by atoms with van der Waals surface area (Å²) in [5, 5.41) is 7.36. The smallest absolute Gasteiger partial charge is 0.259 e. The molecule has 8 nitrogen and oxygen atoms in total. The molecule has 0 atom stereocenters. The van der Waals surface area contributed by atoms with E-state index in [1.807, 2.05) is 37.3 Å². The van der Waals surface area contributed by atoms with Gasteiger partial charge in [-0.05, 0) is 37.6 Å². The molecule has 2 aromatic carbocycles. The van der Waals surface area contributed by atoms with E-state index in [4.69, 9.17) is 4.74 Å². The number of aryl methyl sites for hydroxylation is 1. The molecule has 1 N–H and O–H groups in total. The highest BCUT2D eigenvalue weighted by Gasteiger charge is 2.27. The van der Waals surface area contributed by atoms with E-state index in [1.165, 1.54) is 16.4 Å². The maximum atomic E-state index is 13.0. The zero-order chi connectivity index (χ0) is 22.7. The van der Waals surface area contributed by atoms with Gasteiger partial charge in [-0.3, -0.25) is 9.48 Å². The number of morpholine rings is 1. The van der Waals surface area contributed by atoms with Crippen molar-refractivity contribution in [1.29, 1.82) is 0 Å². The molecule has 32 heavy (non-hydrogen) atoms. The second-order valence-corrected chi connectivity index (χ2v) is 9.63. The Bertz CT molecular complexity index is 1220. The summed E-state index contributed by atoms with van der Waals surface area (Å²) in [6, 6.07) is 16.2. The Balaban J connectivity index is 1.54. The molecule has 168 valence electrons. The fraction of sp³-hybridized carbons (Fsp3) is 0.304. The normalized spacial score (nSPS) is 14.9. The third kappa shape index (κ3) is 4.59. The van der Waals surface area contributed by atoms with Gasteiger partial charge in [-0.2, -0.15) is 9.40 Å². The Morgan fingerprint density at radius 2 is 1.78 bits per heavy atom. The number of aromatic nitrogens is 2. The van der Waals surface area contributed by atoms with E-state index in [-0.39, 0.29) is 10.8 Å². The number of hydrogen-bond donors (Lipinski definition) is 1. The van der Waals surface area contributed by atoms with Gasteiger partial charge < -0.3 is 10.1 Å². The van der Waals surface area contributed by atoms with Gasteiger partial charge in [-0.1, -0.05) is 36.4 Å². The maximum Gasteiger partial charge on any atom is 0.259 e. The number of amides is 1. The molecular weight excluding hydrogens is 428 g/mol. The molecule has 2 heterocycles. The van der Waals surface area contributed by atoms with Gasteiger partial charge in [0.2, 0.25) is 10.0 Å².